The van der Waals surface area contributed by atoms with Crippen LogP contribution in [0.5, 0.6) is 0 Å². The van der Waals surface area contributed by atoms with E-state index in [1.807, 2.05) is 5.32 Å². The molecule has 0 bridgehead atoms. The molecule has 0 aromatic carbocycles. The lowest BCUT2D eigenvalue weighted by Gasteiger charge is -2.13. The van der Waals surface area contributed by atoms with Gasteiger partial charge in [0.2, 0.25) is 11.7 Å². The molecular formula is C13H11F3N2O3. The van der Waals surface area contributed by atoms with E-state index in [1.54, 1.807) is 12.1 Å². The van der Waals surface area contributed by atoms with Crippen molar-refractivity contribution in [1.82, 2.24) is 10.5 Å². The minimum atomic E-state index is -4.44. The van der Waals surface area contributed by atoms with Crippen LogP contribution < -0.4 is 5.32 Å². The molecule has 2 aromatic rings. The summed E-state index contributed by atoms with van der Waals surface area (Å²) in [6, 6.07) is 4.85. The predicted octanol–water partition coefficient (Wildman–Crippen LogP) is 2.64. The lowest BCUT2D eigenvalue weighted by atomic mass is 10.0. The van der Waals surface area contributed by atoms with Gasteiger partial charge in [0.1, 0.15) is 6.54 Å². The Bertz CT molecular complexity index is 642. The van der Waals surface area contributed by atoms with Crippen LogP contribution in [0.25, 0.3) is 11.5 Å². The number of carbonyl (C=O) groups is 1. The first-order valence-corrected chi connectivity index (χ1v) is 6.27. The average Bonchev–Trinajstić information content (AvgIpc) is 2.89. The van der Waals surface area contributed by atoms with Gasteiger partial charge in [-0.2, -0.15) is 13.2 Å². The van der Waals surface area contributed by atoms with Crippen LogP contribution in [0.4, 0.5) is 13.2 Å². The van der Waals surface area contributed by atoms with Crippen LogP contribution in [0.15, 0.2) is 33.4 Å². The summed E-state index contributed by atoms with van der Waals surface area (Å²) in [7, 11) is 0. The summed E-state index contributed by atoms with van der Waals surface area (Å²) >= 11 is 0. The van der Waals surface area contributed by atoms with Crippen molar-refractivity contribution in [1.29, 1.82) is 0 Å². The molecule has 1 N–H and O–H groups in total. The maximum Gasteiger partial charge on any atom is 0.405 e. The average molecular weight is 300 g/mol. The summed E-state index contributed by atoms with van der Waals surface area (Å²) in [4.78, 5) is 12.0. The van der Waals surface area contributed by atoms with Gasteiger partial charge in [0.25, 0.3) is 0 Å². The van der Waals surface area contributed by atoms with Crippen molar-refractivity contribution >= 4 is 5.91 Å². The molecule has 1 saturated carbocycles. The highest BCUT2D eigenvalue weighted by Gasteiger charge is 2.54. The standard InChI is InChI=1S/C13H11F3N2O3/c14-13(15,16)7-17-11(19)12(3-4-12)10-6-9(21-18-10)8-2-1-5-20-8/h1-2,5-6H,3-4,7H2,(H,17,19). The molecule has 5 nitrogen and oxygen atoms in total. The number of hydrogen-bond acceptors (Lipinski definition) is 4. The molecule has 21 heavy (non-hydrogen) atoms. The molecule has 1 amide bonds. The van der Waals surface area contributed by atoms with E-state index in [1.165, 1.54) is 12.3 Å². The van der Waals surface area contributed by atoms with Crippen LogP contribution in [-0.2, 0) is 10.2 Å². The number of carbonyl (C=O) groups excluding carboxylic acids is 1. The normalized spacial score (nSPS) is 16.7. The fraction of sp³-hybridized carbons (Fsp3) is 0.385. The molecule has 0 unspecified atom stereocenters. The van der Waals surface area contributed by atoms with Crippen LogP contribution in [0.3, 0.4) is 0 Å². The molecule has 2 aromatic heterocycles. The Balaban J connectivity index is 1.75. The number of amides is 1. The van der Waals surface area contributed by atoms with Gasteiger partial charge in [0.05, 0.1) is 17.4 Å². The van der Waals surface area contributed by atoms with Gasteiger partial charge in [0.15, 0.2) is 5.76 Å². The molecule has 112 valence electrons. The highest BCUT2D eigenvalue weighted by Crippen LogP contribution is 2.48. The molecule has 1 aliphatic rings. The van der Waals surface area contributed by atoms with Gasteiger partial charge in [0, 0.05) is 6.07 Å². The highest BCUT2D eigenvalue weighted by molar-refractivity contribution is 5.91. The number of nitrogens with zero attached hydrogens (tertiary/aromatic N) is 1. The van der Waals surface area contributed by atoms with E-state index in [4.69, 9.17) is 8.94 Å². The Hall–Kier alpha value is -2.25. The summed E-state index contributed by atoms with van der Waals surface area (Å²) in [5.74, 6) is 0.101. The second kappa shape index (κ2) is 4.64. The van der Waals surface area contributed by atoms with E-state index < -0.39 is 24.0 Å². The minimum absolute atomic E-state index is 0.327. The number of nitrogens with one attached hydrogen (secondary N) is 1. The molecule has 0 radical (unpaired) electrons. The number of alkyl halides is 3. The monoisotopic (exact) mass is 300 g/mol. The first kappa shape index (κ1) is 13.7. The third kappa shape index (κ3) is 2.65. The molecule has 8 heteroatoms. The van der Waals surface area contributed by atoms with Crippen LogP contribution in [0.1, 0.15) is 18.5 Å². The van der Waals surface area contributed by atoms with Gasteiger partial charge < -0.3 is 14.3 Å². The smallest absolute Gasteiger partial charge is 0.405 e. The van der Waals surface area contributed by atoms with E-state index in [2.05, 4.69) is 5.16 Å². The maximum absolute atomic E-state index is 12.2. The summed E-state index contributed by atoms with van der Waals surface area (Å²) < 4.78 is 46.7. The maximum atomic E-state index is 12.2. The van der Waals surface area contributed by atoms with Crippen LogP contribution >= 0.6 is 0 Å². The Kier molecular flexibility index (Phi) is 3.03. The lowest BCUT2D eigenvalue weighted by molar-refractivity contribution is -0.140. The van der Waals surface area contributed by atoms with Gasteiger partial charge in [-0.25, -0.2) is 0 Å². The number of hydrogen-bond donors (Lipinski definition) is 1. The van der Waals surface area contributed by atoms with Crippen molar-refractivity contribution in [2.75, 3.05) is 6.54 Å². The van der Waals surface area contributed by atoms with Crippen LogP contribution in [0, 0.1) is 0 Å². The molecule has 0 aliphatic heterocycles. The Morgan fingerprint density at radius 2 is 2.14 bits per heavy atom. The summed E-state index contributed by atoms with van der Waals surface area (Å²) in [5.41, 5.74) is -0.687. The third-order valence-electron chi connectivity index (χ3n) is 3.40. The lowest BCUT2D eigenvalue weighted by Crippen LogP contribution is -2.40. The minimum Gasteiger partial charge on any atom is -0.461 e. The Labute approximate surface area is 117 Å². The van der Waals surface area contributed by atoms with E-state index in [0.717, 1.165) is 0 Å². The van der Waals surface area contributed by atoms with Crippen molar-refractivity contribution in [3.8, 4) is 11.5 Å². The number of halogens is 3. The van der Waals surface area contributed by atoms with Crippen LogP contribution in [0.2, 0.25) is 0 Å². The first-order chi connectivity index (χ1) is 9.91. The molecule has 0 spiro atoms. The molecule has 0 atom stereocenters. The highest BCUT2D eigenvalue weighted by atomic mass is 19.4. The summed E-state index contributed by atoms with van der Waals surface area (Å²) in [6.07, 6.45) is -2.09. The van der Waals surface area contributed by atoms with Crippen molar-refractivity contribution in [3.63, 3.8) is 0 Å². The van der Waals surface area contributed by atoms with Crippen molar-refractivity contribution in [2.45, 2.75) is 24.4 Å². The largest absolute Gasteiger partial charge is 0.461 e. The van der Waals surface area contributed by atoms with Gasteiger partial charge >= 0.3 is 6.18 Å². The Morgan fingerprint density at radius 1 is 1.38 bits per heavy atom. The summed E-state index contributed by atoms with van der Waals surface area (Å²) in [5, 5.41) is 5.69. The number of rotatable bonds is 4. The van der Waals surface area contributed by atoms with Gasteiger partial charge in [-0.1, -0.05) is 5.16 Å². The zero-order valence-corrected chi connectivity index (χ0v) is 10.7. The molecule has 1 aliphatic carbocycles. The quantitative estimate of drug-likeness (QED) is 0.942. The summed E-state index contributed by atoms with van der Waals surface area (Å²) in [6.45, 7) is -1.35. The van der Waals surface area contributed by atoms with Crippen molar-refractivity contribution < 1.29 is 26.9 Å². The topological polar surface area (TPSA) is 68.3 Å². The van der Waals surface area contributed by atoms with Gasteiger partial charge in [-0.15, -0.1) is 0 Å². The second-order valence-electron chi connectivity index (χ2n) is 4.93. The first-order valence-electron chi connectivity index (χ1n) is 6.27. The van der Waals surface area contributed by atoms with Crippen molar-refractivity contribution in [2.24, 2.45) is 0 Å². The fourth-order valence-electron chi connectivity index (χ4n) is 2.11. The van der Waals surface area contributed by atoms with E-state index in [9.17, 15) is 18.0 Å². The zero-order chi connectivity index (χ0) is 15.1. The second-order valence-corrected chi connectivity index (χ2v) is 4.93. The Morgan fingerprint density at radius 3 is 2.71 bits per heavy atom. The van der Waals surface area contributed by atoms with E-state index in [0.29, 0.717) is 30.1 Å². The predicted molar refractivity (Wildman–Crippen MR) is 64.2 cm³/mol. The SMILES string of the molecule is O=C(NCC(F)(F)F)C1(c2cc(-c3ccco3)on2)CC1. The third-order valence-corrected chi connectivity index (χ3v) is 3.40. The zero-order valence-electron chi connectivity index (χ0n) is 10.7. The molecule has 1 fully saturated rings. The van der Waals surface area contributed by atoms with E-state index in [-0.39, 0.29) is 0 Å². The molecule has 2 heterocycles. The van der Waals surface area contributed by atoms with Gasteiger partial charge in [-0.05, 0) is 25.0 Å². The number of furan rings is 1. The number of aromatic nitrogens is 1. The fourth-order valence-corrected chi connectivity index (χ4v) is 2.11. The van der Waals surface area contributed by atoms with E-state index >= 15 is 0 Å². The molecule has 3 rings (SSSR count). The van der Waals surface area contributed by atoms with Crippen molar-refractivity contribution in [3.05, 3.63) is 30.2 Å². The van der Waals surface area contributed by atoms with Gasteiger partial charge in [-0.3, -0.25) is 4.79 Å². The molecular weight excluding hydrogens is 289 g/mol. The molecule has 0 saturated heterocycles. The van der Waals surface area contributed by atoms with Crippen LogP contribution in [-0.4, -0.2) is 23.8 Å².